The molecule has 0 bridgehead atoms. The lowest BCUT2D eigenvalue weighted by Crippen LogP contribution is -2.29. The highest BCUT2D eigenvalue weighted by Gasteiger charge is 2.18. The van der Waals surface area contributed by atoms with E-state index in [4.69, 9.17) is 40.6 Å². The minimum atomic E-state index is -0.233. The Morgan fingerprint density at radius 1 is 0.947 bits per heavy atom. The fourth-order valence-electron chi connectivity index (χ4n) is 2.05. The van der Waals surface area contributed by atoms with Gasteiger partial charge >= 0.3 is 0 Å². The van der Waals surface area contributed by atoms with E-state index in [9.17, 15) is 0 Å². The lowest BCUT2D eigenvalue weighted by molar-refractivity contribution is 0.634. The van der Waals surface area contributed by atoms with Crippen molar-refractivity contribution in [1.29, 1.82) is 0 Å². The van der Waals surface area contributed by atoms with Gasteiger partial charge in [0.05, 0.1) is 6.04 Å². The Morgan fingerprint density at radius 3 is 2.21 bits per heavy atom. The summed E-state index contributed by atoms with van der Waals surface area (Å²) in [7, 11) is 0. The molecule has 0 aromatic heterocycles. The molecule has 0 aliphatic heterocycles. The zero-order valence-electron chi connectivity index (χ0n) is 10.3. The number of halogens is 3. The Hall–Kier alpha value is -0.770. The van der Waals surface area contributed by atoms with Gasteiger partial charge in [-0.25, -0.2) is 5.43 Å². The maximum absolute atomic E-state index is 6.22. The van der Waals surface area contributed by atoms with E-state index in [-0.39, 0.29) is 6.04 Å². The summed E-state index contributed by atoms with van der Waals surface area (Å²) in [5.41, 5.74) is 5.66. The van der Waals surface area contributed by atoms with E-state index >= 15 is 0 Å². The Kier molecular flexibility index (Phi) is 4.71. The van der Waals surface area contributed by atoms with Gasteiger partial charge in [-0.1, -0.05) is 40.9 Å². The van der Waals surface area contributed by atoms with Crippen molar-refractivity contribution in [2.45, 2.75) is 13.0 Å². The van der Waals surface area contributed by atoms with Crippen LogP contribution in [0.4, 0.5) is 0 Å². The summed E-state index contributed by atoms with van der Waals surface area (Å²) in [6.07, 6.45) is 0. The highest BCUT2D eigenvalue weighted by atomic mass is 35.5. The second-order valence-electron chi connectivity index (χ2n) is 4.27. The number of benzene rings is 2. The third-order valence-corrected chi connectivity index (χ3v) is 3.79. The van der Waals surface area contributed by atoms with Gasteiger partial charge < -0.3 is 0 Å². The Morgan fingerprint density at radius 2 is 1.58 bits per heavy atom. The van der Waals surface area contributed by atoms with Crippen LogP contribution in [0.3, 0.4) is 0 Å². The first-order valence-corrected chi connectivity index (χ1v) is 6.83. The number of hydrazine groups is 1. The van der Waals surface area contributed by atoms with Gasteiger partial charge in [-0.2, -0.15) is 0 Å². The van der Waals surface area contributed by atoms with E-state index in [1.807, 2.05) is 31.2 Å². The molecule has 0 amide bonds. The topological polar surface area (TPSA) is 38.0 Å². The van der Waals surface area contributed by atoms with Crippen molar-refractivity contribution in [2.24, 2.45) is 5.84 Å². The molecule has 2 nitrogen and oxygen atoms in total. The third kappa shape index (κ3) is 3.22. The smallest absolute Gasteiger partial charge is 0.0727 e. The van der Waals surface area contributed by atoms with Crippen LogP contribution < -0.4 is 11.3 Å². The molecule has 0 saturated heterocycles. The van der Waals surface area contributed by atoms with Crippen LogP contribution in [-0.2, 0) is 0 Å². The van der Waals surface area contributed by atoms with Crippen LogP contribution in [0, 0.1) is 6.92 Å². The number of hydrogen-bond donors (Lipinski definition) is 2. The summed E-state index contributed by atoms with van der Waals surface area (Å²) in [4.78, 5) is 0. The van der Waals surface area contributed by atoms with E-state index in [0.717, 1.165) is 16.7 Å². The third-order valence-electron chi connectivity index (χ3n) is 2.98. The average Bonchev–Trinajstić information content (AvgIpc) is 2.36. The monoisotopic (exact) mass is 314 g/mol. The Bertz CT molecular complexity index is 599. The first-order chi connectivity index (χ1) is 9.02. The molecule has 2 aromatic rings. The molecule has 0 heterocycles. The lowest BCUT2D eigenvalue weighted by Gasteiger charge is -2.20. The minimum absolute atomic E-state index is 0.233. The van der Waals surface area contributed by atoms with Crippen molar-refractivity contribution >= 4 is 34.8 Å². The van der Waals surface area contributed by atoms with Crippen LogP contribution in [0.5, 0.6) is 0 Å². The molecule has 2 aromatic carbocycles. The minimum Gasteiger partial charge on any atom is -0.271 e. The first-order valence-electron chi connectivity index (χ1n) is 5.70. The average molecular weight is 316 g/mol. The van der Waals surface area contributed by atoms with Crippen LogP contribution >= 0.6 is 34.8 Å². The zero-order chi connectivity index (χ0) is 14.0. The predicted molar refractivity (Wildman–Crippen MR) is 81.8 cm³/mol. The normalized spacial score (nSPS) is 12.5. The molecule has 19 heavy (non-hydrogen) atoms. The number of aryl methyl sites for hydroxylation is 1. The highest BCUT2D eigenvalue weighted by Crippen LogP contribution is 2.32. The zero-order valence-corrected chi connectivity index (χ0v) is 12.5. The fraction of sp³-hybridized carbons (Fsp3) is 0.143. The molecule has 2 rings (SSSR count). The molecule has 100 valence electrons. The number of nitrogens with one attached hydrogen (secondary N) is 1. The van der Waals surface area contributed by atoms with Gasteiger partial charge in [0, 0.05) is 15.1 Å². The SMILES string of the molecule is Cc1cc(Cl)ccc1C(NN)c1cc(Cl)ccc1Cl. The van der Waals surface area contributed by atoms with Crippen molar-refractivity contribution in [1.82, 2.24) is 5.43 Å². The summed E-state index contributed by atoms with van der Waals surface area (Å²) < 4.78 is 0. The van der Waals surface area contributed by atoms with Gasteiger partial charge in [-0.3, -0.25) is 5.84 Å². The first kappa shape index (κ1) is 14.6. The van der Waals surface area contributed by atoms with Crippen molar-refractivity contribution in [2.75, 3.05) is 0 Å². The summed E-state index contributed by atoms with van der Waals surface area (Å²) in [5.74, 6) is 5.68. The van der Waals surface area contributed by atoms with Gasteiger partial charge in [0.2, 0.25) is 0 Å². The lowest BCUT2D eigenvalue weighted by atomic mass is 9.95. The summed E-state index contributed by atoms with van der Waals surface area (Å²) in [5, 5.41) is 1.92. The van der Waals surface area contributed by atoms with Crippen molar-refractivity contribution in [3.05, 3.63) is 68.2 Å². The summed E-state index contributed by atoms with van der Waals surface area (Å²) >= 11 is 18.2. The van der Waals surface area contributed by atoms with Crippen LogP contribution in [0.1, 0.15) is 22.7 Å². The molecule has 3 N–H and O–H groups in total. The molecular formula is C14H13Cl3N2. The number of nitrogens with two attached hydrogens (primary N) is 1. The maximum atomic E-state index is 6.22. The van der Waals surface area contributed by atoms with Crippen molar-refractivity contribution in [3.8, 4) is 0 Å². The van der Waals surface area contributed by atoms with Gasteiger partial charge in [-0.15, -0.1) is 0 Å². The van der Waals surface area contributed by atoms with E-state index in [0.29, 0.717) is 15.1 Å². The van der Waals surface area contributed by atoms with Crippen LogP contribution in [0.2, 0.25) is 15.1 Å². The van der Waals surface area contributed by atoms with Gasteiger partial charge in [0.1, 0.15) is 0 Å². The molecule has 5 heteroatoms. The quantitative estimate of drug-likeness (QED) is 0.646. The molecule has 0 aliphatic carbocycles. The largest absolute Gasteiger partial charge is 0.271 e. The molecule has 0 radical (unpaired) electrons. The summed E-state index contributed by atoms with van der Waals surface area (Å²) in [6.45, 7) is 1.98. The van der Waals surface area contributed by atoms with Gasteiger partial charge in [0.25, 0.3) is 0 Å². The van der Waals surface area contributed by atoms with Gasteiger partial charge in [0.15, 0.2) is 0 Å². The number of hydrogen-bond acceptors (Lipinski definition) is 2. The molecule has 1 unspecified atom stereocenters. The van der Waals surface area contributed by atoms with Crippen LogP contribution in [0.15, 0.2) is 36.4 Å². The standard InChI is InChI=1S/C14H13Cl3N2/c1-8-6-9(15)2-4-11(8)14(19-18)12-7-10(16)3-5-13(12)17/h2-7,14,19H,18H2,1H3. The molecule has 0 spiro atoms. The fourth-order valence-corrected chi connectivity index (χ4v) is 2.68. The van der Waals surface area contributed by atoms with Crippen LogP contribution in [0.25, 0.3) is 0 Å². The van der Waals surface area contributed by atoms with Crippen molar-refractivity contribution in [3.63, 3.8) is 0 Å². The van der Waals surface area contributed by atoms with E-state index < -0.39 is 0 Å². The van der Waals surface area contributed by atoms with Crippen molar-refractivity contribution < 1.29 is 0 Å². The van der Waals surface area contributed by atoms with Crippen LogP contribution in [-0.4, -0.2) is 0 Å². The second kappa shape index (κ2) is 6.12. The maximum Gasteiger partial charge on any atom is 0.0727 e. The highest BCUT2D eigenvalue weighted by molar-refractivity contribution is 6.33. The molecule has 0 fully saturated rings. The predicted octanol–water partition coefficient (Wildman–Crippen LogP) is 4.51. The van der Waals surface area contributed by atoms with E-state index in [1.54, 1.807) is 12.1 Å². The second-order valence-corrected chi connectivity index (χ2v) is 5.55. The number of rotatable bonds is 3. The molecular weight excluding hydrogens is 303 g/mol. The van der Waals surface area contributed by atoms with E-state index in [2.05, 4.69) is 5.43 Å². The molecule has 0 aliphatic rings. The van der Waals surface area contributed by atoms with Gasteiger partial charge in [-0.05, 0) is 53.9 Å². The van der Waals surface area contributed by atoms with E-state index in [1.165, 1.54) is 0 Å². The Balaban J connectivity index is 2.52. The Labute approximate surface area is 127 Å². The molecule has 1 atom stereocenters. The molecule has 0 saturated carbocycles. The summed E-state index contributed by atoms with van der Waals surface area (Å²) in [6, 6.07) is 10.7.